The maximum Gasteiger partial charge on any atom is 0.326 e. The minimum atomic E-state index is -1.18. The molecule has 0 aliphatic heterocycles. The molecule has 1 heterocycles. The first-order valence-electron chi connectivity index (χ1n) is 5.58. The third-order valence-electron chi connectivity index (χ3n) is 2.33. The van der Waals surface area contributed by atoms with Gasteiger partial charge in [-0.2, -0.15) is 0 Å². The lowest BCUT2D eigenvalue weighted by Gasteiger charge is -2.12. The average molecular weight is 286 g/mol. The van der Waals surface area contributed by atoms with Crippen LogP contribution in [0, 0.1) is 6.92 Å². The van der Waals surface area contributed by atoms with Crippen LogP contribution in [0.1, 0.15) is 33.9 Å². The number of hydrogen-bond acceptors (Lipinski definition) is 5. The fraction of sp³-hybridized carbons (Fsp3) is 0.455. The molecular weight excluding hydrogens is 272 g/mol. The lowest BCUT2D eigenvalue weighted by atomic mass is 10.1. The van der Waals surface area contributed by atoms with Gasteiger partial charge in [-0.1, -0.05) is 0 Å². The largest absolute Gasteiger partial charge is 0.481 e. The summed E-state index contributed by atoms with van der Waals surface area (Å²) in [5.41, 5.74) is 0. The zero-order valence-corrected chi connectivity index (χ0v) is 11.1. The maximum absolute atomic E-state index is 11.7. The zero-order valence-electron chi connectivity index (χ0n) is 10.3. The smallest absolute Gasteiger partial charge is 0.326 e. The summed E-state index contributed by atoms with van der Waals surface area (Å²) in [7, 11) is 0. The van der Waals surface area contributed by atoms with Gasteiger partial charge in [-0.05, 0) is 19.8 Å². The van der Waals surface area contributed by atoms with Crippen molar-refractivity contribution in [1.82, 2.24) is 10.3 Å². The molecule has 0 saturated carbocycles. The van der Waals surface area contributed by atoms with Crippen LogP contribution in [-0.2, 0) is 9.59 Å². The SMILES string of the molecule is Cc1ncc(C(=O)N[C@H](CCCC(=O)O)C(=O)O)s1. The number of carboxylic acid groups (broad SMARTS) is 2. The van der Waals surface area contributed by atoms with Crippen molar-refractivity contribution in [3.05, 3.63) is 16.1 Å². The van der Waals surface area contributed by atoms with Crippen molar-refractivity contribution in [3.8, 4) is 0 Å². The van der Waals surface area contributed by atoms with Gasteiger partial charge in [0.1, 0.15) is 10.9 Å². The number of aliphatic carboxylic acids is 2. The minimum Gasteiger partial charge on any atom is -0.481 e. The molecule has 104 valence electrons. The Morgan fingerprint density at radius 1 is 1.42 bits per heavy atom. The van der Waals surface area contributed by atoms with Crippen molar-refractivity contribution in [2.45, 2.75) is 32.2 Å². The molecule has 0 saturated heterocycles. The maximum atomic E-state index is 11.7. The summed E-state index contributed by atoms with van der Waals surface area (Å²) in [6, 6.07) is -1.09. The van der Waals surface area contributed by atoms with Gasteiger partial charge in [0.2, 0.25) is 0 Å². The number of aromatic nitrogens is 1. The molecule has 1 amide bonds. The van der Waals surface area contributed by atoms with Crippen molar-refractivity contribution in [2.75, 3.05) is 0 Å². The molecule has 1 atom stereocenters. The second kappa shape index (κ2) is 6.83. The Bertz CT molecular complexity index is 485. The lowest BCUT2D eigenvalue weighted by molar-refractivity contribution is -0.140. The van der Waals surface area contributed by atoms with Gasteiger partial charge in [0.15, 0.2) is 0 Å². The Morgan fingerprint density at radius 3 is 2.58 bits per heavy atom. The molecule has 0 aliphatic carbocycles. The van der Waals surface area contributed by atoms with Crippen molar-refractivity contribution < 1.29 is 24.6 Å². The predicted octanol–water partition coefficient (Wildman–Crippen LogP) is 0.889. The van der Waals surface area contributed by atoms with E-state index in [9.17, 15) is 14.4 Å². The Morgan fingerprint density at radius 2 is 2.11 bits per heavy atom. The van der Waals surface area contributed by atoms with Crippen LogP contribution < -0.4 is 5.32 Å². The molecule has 0 aliphatic rings. The van der Waals surface area contributed by atoms with E-state index in [0.717, 1.165) is 0 Å². The second-order valence-electron chi connectivity index (χ2n) is 3.89. The van der Waals surface area contributed by atoms with Crippen LogP contribution in [0.3, 0.4) is 0 Å². The highest BCUT2D eigenvalue weighted by atomic mass is 32.1. The first kappa shape index (κ1) is 15.1. The quantitative estimate of drug-likeness (QED) is 0.685. The summed E-state index contributed by atoms with van der Waals surface area (Å²) in [6.45, 7) is 1.74. The molecule has 19 heavy (non-hydrogen) atoms. The van der Waals surface area contributed by atoms with Crippen LogP contribution in [0.15, 0.2) is 6.20 Å². The molecule has 1 aromatic heterocycles. The number of aryl methyl sites for hydroxylation is 1. The normalized spacial score (nSPS) is 11.8. The number of nitrogens with zero attached hydrogens (tertiary/aromatic N) is 1. The van der Waals surface area contributed by atoms with Gasteiger partial charge in [-0.3, -0.25) is 9.59 Å². The number of rotatable bonds is 7. The van der Waals surface area contributed by atoms with Crippen LogP contribution in [-0.4, -0.2) is 39.1 Å². The van der Waals surface area contributed by atoms with E-state index in [4.69, 9.17) is 10.2 Å². The van der Waals surface area contributed by atoms with Crippen molar-refractivity contribution >= 4 is 29.2 Å². The summed E-state index contributed by atoms with van der Waals surface area (Å²) >= 11 is 1.17. The van der Waals surface area contributed by atoms with Crippen LogP contribution in [0.5, 0.6) is 0 Å². The molecule has 0 spiro atoms. The van der Waals surface area contributed by atoms with E-state index in [-0.39, 0.29) is 19.3 Å². The number of carbonyl (C=O) groups excluding carboxylic acids is 1. The van der Waals surface area contributed by atoms with E-state index in [1.54, 1.807) is 6.92 Å². The standard InChI is InChI=1S/C11H14N2O5S/c1-6-12-5-8(19-6)10(16)13-7(11(17)18)3-2-4-9(14)15/h5,7H,2-4H2,1H3,(H,13,16)(H,14,15)(H,17,18)/t7-/m1/s1. The van der Waals surface area contributed by atoms with Gasteiger partial charge < -0.3 is 15.5 Å². The number of nitrogens with one attached hydrogen (secondary N) is 1. The Kier molecular flexibility index (Phi) is 5.43. The van der Waals surface area contributed by atoms with Crippen molar-refractivity contribution in [1.29, 1.82) is 0 Å². The fourth-order valence-corrected chi connectivity index (χ4v) is 2.09. The molecule has 0 bridgehead atoms. The van der Waals surface area contributed by atoms with Crippen LogP contribution in [0.2, 0.25) is 0 Å². The van der Waals surface area contributed by atoms with Crippen molar-refractivity contribution in [2.24, 2.45) is 0 Å². The van der Waals surface area contributed by atoms with Crippen LogP contribution in [0.25, 0.3) is 0 Å². The Labute approximate surface area is 113 Å². The van der Waals surface area contributed by atoms with Gasteiger partial charge >= 0.3 is 11.9 Å². The summed E-state index contributed by atoms with van der Waals surface area (Å²) in [6.07, 6.45) is 1.52. The van der Waals surface area contributed by atoms with Gasteiger partial charge in [0.05, 0.1) is 11.2 Å². The Hall–Kier alpha value is -1.96. The Balaban J connectivity index is 2.55. The highest BCUT2D eigenvalue weighted by molar-refractivity contribution is 7.13. The van der Waals surface area contributed by atoms with E-state index < -0.39 is 23.9 Å². The fourth-order valence-electron chi connectivity index (χ4n) is 1.41. The molecule has 1 aromatic rings. The molecule has 7 nitrogen and oxygen atoms in total. The number of thiazole rings is 1. The topological polar surface area (TPSA) is 117 Å². The number of carbonyl (C=O) groups is 3. The third kappa shape index (κ3) is 5.04. The molecule has 0 unspecified atom stereocenters. The molecule has 0 radical (unpaired) electrons. The molecule has 0 aromatic carbocycles. The van der Waals surface area contributed by atoms with Crippen molar-refractivity contribution in [3.63, 3.8) is 0 Å². The third-order valence-corrected chi connectivity index (χ3v) is 3.24. The summed E-state index contributed by atoms with van der Waals surface area (Å²) in [5.74, 6) is -2.68. The summed E-state index contributed by atoms with van der Waals surface area (Å²) in [5, 5.41) is 20.5. The van der Waals surface area contributed by atoms with Crippen LogP contribution >= 0.6 is 11.3 Å². The number of carboxylic acids is 2. The number of amides is 1. The van der Waals surface area contributed by atoms with Gasteiger partial charge in [0, 0.05) is 6.42 Å². The molecule has 8 heteroatoms. The monoisotopic (exact) mass is 286 g/mol. The average Bonchev–Trinajstić information content (AvgIpc) is 2.73. The summed E-state index contributed by atoms with van der Waals surface area (Å²) in [4.78, 5) is 37.3. The lowest BCUT2D eigenvalue weighted by Crippen LogP contribution is -2.40. The van der Waals surface area contributed by atoms with Crippen LogP contribution in [0.4, 0.5) is 0 Å². The molecule has 3 N–H and O–H groups in total. The molecular formula is C11H14N2O5S. The van der Waals surface area contributed by atoms with Gasteiger partial charge in [-0.25, -0.2) is 9.78 Å². The first-order valence-corrected chi connectivity index (χ1v) is 6.39. The predicted molar refractivity (Wildman–Crippen MR) is 67.2 cm³/mol. The van der Waals surface area contributed by atoms with E-state index in [0.29, 0.717) is 9.88 Å². The van der Waals surface area contributed by atoms with E-state index in [1.165, 1.54) is 17.5 Å². The minimum absolute atomic E-state index is 0.0746. The van der Waals surface area contributed by atoms with E-state index >= 15 is 0 Å². The summed E-state index contributed by atoms with van der Waals surface area (Å²) < 4.78 is 0. The highest BCUT2D eigenvalue weighted by Gasteiger charge is 2.21. The van der Waals surface area contributed by atoms with Gasteiger partial charge in [-0.15, -0.1) is 11.3 Å². The molecule has 1 rings (SSSR count). The molecule has 0 fully saturated rings. The van der Waals surface area contributed by atoms with E-state index in [1.807, 2.05) is 0 Å². The highest BCUT2D eigenvalue weighted by Crippen LogP contribution is 2.12. The first-order chi connectivity index (χ1) is 8.90. The second-order valence-corrected chi connectivity index (χ2v) is 5.13. The van der Waals surface area contributed by atoms with E-state index in [2.05, 4.69) is 10.3 Å². The zero-order chi connectivity index (χ0) is 14.4. The number of hydrogen-bond donors (Lipinski definition) is 3. The van der Waals surface area contributed by atoms with Gasteiger partial charge in [0.25, 0.3) is 5.91 Å².